The Morgan fingerprint density at radius 3 is 3.00 bits per heavy atom. The summed E-state index contributed by atoms with van der Waals surface area (Å²) in [6, 6.07) is 4.11. The fourth-order valence-electron chi connectivity index (χ4n) is 1.05. The van der Waals surface area contributed by atoms with Gasteiger partial charge >= 0.3 is 0 Å². The maximum absolute atomic E-state index is 13.0. The lowest BCUT2D eigenvalue weighted by Crippen LogP contribution is -2.26. The van der Waals surface area contributed by atoms with Crippen molar-refractivity contribution in [2.24, 2.45) is 0 Å². The summed E-state index contributed by atoms with van der Waals surface area (Å²) in [7, 11) is -3.53. The van der Waals surface area contributed by atoms with E-state index in [9.17, 15) is 12.8 Å². The van der Waals surface area contributed by atoms with Crippen molar-refractivity contribution >= 4 is 15.7 Å². The van der Waals surface area contributed by atoms with Crippen LogP contribution in [0.4, 0.5) is 10.1 Å². The van der Waals surface area contributed by atoms with Crippen LogP contribution in [-0.4, -0.2) is 14.4 Å². The summed E-state index contributed by atoms with van der Waals surface area (Å²) in [5.74, 6) is -0.890. The van der Waals surface area contributed by atoms with Crippen molar-refractivity contribution in [3.05, 3.63) is 24.0 Å². The molecule has 0 aliphatic carbocycles. The highest BCUT2D eigenvalue weighted by Crippen LogP contribution is 2.31. The minimum absolute atomic E-state index is 0.117. The maximum Gasteiger partial charge on any atom is 0.268 e. The Hall–Kier alpha value is -1.30. The van der Waals surface area contributed by atoms with Crippen LogP contribution in [0.3, 0.4) is 0 Å². The number of benzene rings is 1. The molecule has 0 radical (unpaired) electrons. The molecule has 0 atom stereocenters. The Balaban J connectivity index is 2.56. The van der Waals surface area contributed by atoms with Gasteiger partial charge in [0.25, 0.3) is 10.0 Å². The predicted octanol–water partition coefficient (Wildman–Crippen LogP) is 0.917. The highest BCUT2D eigenvalue weighted by molar-refractivity contribution is 7.92. The van der Waals surface area contributed by atoms with E-state index in [0.29, 0.717) is 0 Å². The van der Waals surface area contributed by atoms with E-state index in [1.54, 1.807) is 0 Å². The van der Waals surface area contributed by atoms with Crippen LogP contribution in [0.15, 0.2) is 18.2 Å². The Bertz CT molecular complexity index is 443. The standard InChI is InChI=1S/C7H6FNO3S/c8-5-2-1-3-6-7(5)9-13(10,11)4-12-6/h1-3,9H,4H2. The Labute approximate surface area is 74.4 Å². The van der Waals surface area contributed by atoms with Crippen molar-refractivity contribution < 1.29 is 17.5 Å². The molecule has 0 aromatic heterocycles. The minimum atomic E-state index is -3.53. The van der Waals surface area contributed by atoms with Crippen LogP contribution in [0.5, 0.6) is 5.75 Å². The van der Waals surface area contributed by atoms with Gasteiger partial charge in [-0.15, -0.1) is 0 Å². The molecule has 1 heterocycles. The lowest BCUT2D eigenvalue weighted by atomic mass is 10.3. The van der Waals surface area contributed by atoms with Crippen molar-refractivity contribution in [1.29, 1.82) is 0 Å². The number of para-hydroxylation sites is 1. The summed E-state index contributed by atoms with van der Waals surface area (Å²) in [6.45, 7) is 0. The second kappa shape index (κ2) is 2.59. The van der Waals surface area contributed by atoms with Gasteiger partial charge in [-0.1, -0.05) is 6.07 Å². The van der Waals surface area contributed by atoms with E-state index in [2.05, 4.69) is 4.72 Å². The molecule has 4 nitrogen and oxygen atoms in total. The van der Waals surface area contributed by atoms with Crippen molar-refractivity contribution in [2.45, 2.75) is 0 Å². The number of fused-ring (bicyclic) bond motifs is 1. The van der Waals surface area contributed by atoms with E-state index in [1.165, 1.54) is 12.1 Å². The quantitative estimate of drug-likeness (QED) is 0.682. The SMILES string of the molecule is O=S1(=O)COc2cccc(F)c2N1. The summed E-state index contributed by atoms with van der Waals surface area (Å²) in [5, 5.41) is 0. The van der Waals surface area contributed by atoms with Gasteiger partial charge in [0.15, 0.2) is 5.82 Å². The van der Waals surface area contributed by atoms with Gasteiger partial charge in [0, 0.05) is 0 Å². The highest BCUT2D eigenvalue weighted by atomic mass is 32.2. The third kappa shape index (κ3) is 1.44. The molecule has 6 heteroatoms. The molecule has 0 saturated heterocycles. The first-order chi connectivity index (χ1) is 6.08. The van der Waals surface area contributed by atoms with Gasteiger partial charge in [0.1, 0.15) is 11.4 Å². The second-order valence-corrected chi connectivity index (χ2v) is 4.26. The fraction of sp³-hybridized carbons (Fsp3) is 0.143. The highest BCUT2D eigenvalue weighted by Gasteiger charge is 2.23. The molecule has 0 fully saturated rings. The van der Waals surface area contributed by atoms with Gasteiger partial charge in [-0.2, -0.15) is 0 Å². The van der Waals surface area contributed by atoms with E-state index in [0.717, 1.165) is 6.07 Å². The van der Waals surface area contributed by atoms with Gasteiger partial charge in [0.05, 0.1) is 0 Å². The minimum Gasteiger partial charge on any atom is -0.473 e. The van der Waals surface area contributed by atoms with E-state index >= 15 is 0 Å². The lowest BCUT2D eigenvalue weighted by molar-refractivity contribution is 0.371. The van der Waals surface area contributed by atoms with Crippen molar-refractivity contribution in [3.8, 4) is 5.75 Å². The summed E-state index contributed by atoms with van der Waals surface area (Å²) >= 11 is 0. The van der Waals surface area contributed by atoms with Gasteiger partial charge in [-0.25, -0.2) is 12.8 Å². The van der Waals surface area contributed by atoms with Crippen molar-refractivity contribution in [1.82, 2.24) is 0 Å². The Morgan fingerprint density at radius 2 is 2.23 bits per heavy atom. The van der Waals surface area contributed by atoms with E-state index in [-0.39, 0.29) is 11.4 Å². The van der Waals surface area contributed by atoms with Crippen LogP contribution in [0.2, 0.25) is 0 Å². The number of anilines is 1. The Kier molecular flexibility index (Phi) is 1.66. The summed E-state index contributed by atoms with van der Waals surface area (Å²) in [5.41, 5.74) is -0.117. The van der Waals surface area contributed by atoms with Crippen LogP contribution in [0, 0.1) is 5.82 Å². The first-order valence-electron chi connectivity index (χ1n) is 3.50. The van der Waals surface area contributed by atoms with E-state index in [4.69, 9.17) is 4.74 Å². The molecule has 0 saturated carbocycles. The van der Waals surface area contributed by atoms with Gasteiger partial charge in [0.2, 0.25) is 5.94 Å². The number of nitrogens with one attached hydrogen (secondary N) is 1. The lowest BCUT2D eigenvalue weighted by Gasteiger charge is -2.18. The molecule has 70 valence electrons. The monoisotopic (exact) mass is 203 g/mol. The average Bonchev–Trinajstić information content (AvgIpc) is 2.06. The molecular weight excluding hydrogens is 197 g/mol. The molecular formula is C7H6FNO3S. The first-order valence-corrected chi connectivity index (χ1v) is 5.15. The topological polar surface area (TPSA) is 55.4 Å². The third-order valence-electron chi connectivity index (χ3n) is 1.60. The van der Waals surface area contributed by atoms with Crippen molar-refractivity contribution in [2.75, 3.05) is 10.7 Å². The molecule has 2 rings (SSSR count). The molecule has 13 heavy (non-hydrogen) atoms. The van der Waals surface area contributed by atoms with Crippen LogP contribution < -0.4 is 9.46 Å². The zero-order chi connectivity index (χ0) is 9.47. The third-order valence-corrected chi connectivity index (χ3v) is 2.55. The number of hydrogen-bond acceptors (Lipinski definition) is 3. The first kappa shape index (κ1) is 8.31. The normalized spacial score (nSPS) is 18.2. The molecule has 1 aliphatic heterocycles. The molecule has 0 unspecified atom stereocenters. The smallest absolute Gasteiger partial charge is 0.268 e. The molecule has 1 N–H and O–H groups in total. The largest absolute Gasteiger partial charge is 0.473 e. The molecule has 0 bridgehead atoms. The molecule has 0 amide bonds. The number of hydrogen-bond donors (Lipinski definition) is 1. The van der Waals surface area contributed by atoms with Gasteiger partial charge in [-0.05, 0) is 12.1 Å². The van der Waals surface area contributed by atoms with Crippen LogP contribution in [0.25, 0.3) is 0 Å². The average molecular weight is 203 g/mol. The summed E-state index contributed by atoms with van der Waals surface area (Å²) in [4.78, 5) is 0. The molecule has 0 spiro atoms. The summed E-state index contributed by atoms with van der Waals surface area (Å²) < 4.78 is 41.8. The van der Waals surface area contributed by atoms with Gasteiger partial charge in [-0.3, -0.25) is 4.72 Å². The number of halogens is 1. The zero-order valence-corrected chi connectivity index (χ0v) is 7.27. The molecule has 1 aliphatic rings. The van der Waals surface area contributed by atoms with Crippen LogP contribution >= 0.6 is 0 Å². The number of sulfonamides is 1. The summed E-state index contributed by atoms with van der Waals surface area (Å²) in [6.07, 6.45) is 0. The fourth-order valence-corrected chi connectivity index (χ4v) is 1.90. The Morgan fingerprint density at radius 1 is 1.46 bits per heavy atom. The zero-order valence-electron chi connectivity index (χ0n) is 6.45. The number of ether oxygens (including phenoxy) is 1. The predicted molar refractivity (Wildman–Crippen MR) is 44.4 cm³/mol. The van der Waals surface area contributed by atoms with Crippen LogP contribution in [0.1, 0.15) is 0 Å². The molecule has 1 aromatic carbocycles. The van der Waals surface area contributed by atoms with Crippen LogP contribution in [-0.2, 0) is 10.0 Å². The molecule has 1 aromatic rings. The second-order valence-electron chi connectivity index (χ2n) is 2.59. The van der Waals surface area contributed by atoms with E-state index < -0.39 is 21.8 Å². The van der Waals surface area contributed by atoms with Gasteiger partial charge < -0.3 is 4.74 Å². The number of rotatable bonds is 0. The van der Waals surface area contributed by atoms with Crippen molar-refractivity contribution in [3.63, 3.8) is 0 Å². The maximum atomic E-state index is 13.0. The van der Waals surface area contributed by atoms with E-state index in [1.807, 2.05) is 0 Å².